The van der Waals surface area contributed by atoms with E-state index in [0.29, 0.717) is 18.0 Å². The Kier molecular flexibility index (Phi) is 7.32. The third-order valence-corrected chi connectivity index (χ3v) is 5.25. The zero-order valence-electron chi connectivity index (χ0n) is 17.0. The van der Waals surface area contributed by atoms with Crippen molar-refractivity contribution in [3.05, 3.63) is 52.2 Å². The fourth-order valence-corrected chi connectivity index (χ4v) is 3.69. The summed E-state index contributed by atoms with van der Waals surface area (Å²) in [5.41, 5.74) is -0.420. The van der Waals surface area contributed by atoms with Gasteiger partial charge in [-0.1, -0.05) is 32.1 Å². The molecule has 1 aromatic carbocycles. The van der Waals surface area contributed by atoms with E-state index in [-0.39, 0.29) is 23.9 Å². The molecular formula is C22H26FN3O4. The van der Waals surface area contributed by atoms with Gasteiger partial charge >= 0.3 is 5.97 Å². The Morgan fingerprint density at radius 2 is 1.90 bits per heavy atom. The van der Waals surface area contributed by atoms with Crippen LogP contribution in [0.1, 0.15) is 62.4 Å². The number of nitrogens with zero attached hydrogens (tertiary/aromatic N) is 2. The number of ether oxygens (including phenoxy) is 1. The van der Waals surface area contributed by atoms with Gasteiger partial charge < -0.3 is 10.1 Å². The smallest absolute Gasteiger partial charge is 0.360 e. The van der Waals surface area contributed by atoms with Crippen LogP contribution in [0.2, 0.25) is 0 Å². The number of esters is 1. The van der Waals surface area contributed by atoms with E-state index in [4.69, 9.17) is 4.74 Å². The summed E-state index contributed by atoms with van der Waals surface area (Å²) in [4.78, 5) is 37.4. The van der Waals surface area contributed by atoms with Gasteiger partial charge in [0.25, 0.3) is 5.56 Å². The standard InChI is InChI=1S/C22H26FN3O4/c1-2-30-22(29)21-18(24-19(27)13-8-15-6-4-3-5-7-15)14-20(28)26(25-21)17-11-9-16(23)10-12-17/h9-12,14-15H,2-8,13H2,1H3,(H,24,27). The molecule has 3 rings (SSSR count). The summed E-state index contributed by atoms with van der Waals surface area (Å²) in [7, 11) is 0. The second kappa shape index (κ2) is 10.1. The maximum absolute atomic E-state index is 13.2. The number of hydrogen-bond donors (Lipinski definition) is 1. The molecule has 1 fully saturated rings. The lowest BCUT2D eigenvalue weighted by molar-refractivity contribution is -0.116. The van der Waals surface area contributed by atoms with E-state index in [1.165, 1.54) is 43.5 Å². The van der Waals surface area contributed by atoms with Gasteiger partial charge in [0, 0.05) is 12.5 Å². The molecule has 0 bridgehead atoms. The first-order valence-corrected chi connectivity index (χ1v) is 10.3. The fraction of sp³-hybridized carbons (Fsp3) is 0.455. The van der Waals surface area contributed by atoms with Crippen molar-refractivity contribution in [3.8, 4) is 5.69 Å². The summed E-state index contributed by atoms with van der Waals surface area (Å²) in [6, 6.07) is 6.27. The van der Waals surface area contributed by atoms with Crippen LogP contribution in [0.15, 0.2) is 35.1 Å². The van der Waals surface area contributed by atoms with Crippen molar-refractivity contribution in [1.82, 2.24) is 9.78 Å². The average molecular weight is 415 g/mol. The Morgan fingerprint density at radius 1 is 1.20 bits per heavy atom. The summed E-state index contributed by atoms with van der Waals surface area (Å²) in [5, 5.41) is 6.73. The van der Waals surface area contributed by atoms with Gasteiger partial charge in [0.05, 0.1) is 18.0 Å². The van der Waals surface area contributed by atoms with Gasteiger partial charge in [-0.25, -0.2) is 9.18 Å². The molecule has 1 N–H and O–H groups in total. The Balaban J connectivity index is 1.82. The monoisotopic (exact) mass is 415 g/mol. The van der Waals surface area contributed by atoms with Crippen molar-refractivity contribution in [2.45, 2.75) is 51.9 Å². The molecular weight excluding hydrogens is 389 g/mol. The molecule has 1 saturated carbocycles. The van der Waals surface area contributed by atoms with Crippen LogP contribution in [-0.2, 0) is 9.53 Å². The third-order valence-electron chi connectivity index (χ3n) is 5.25. The number of amides is 1. The summed E-state index contributed by atoms with van der Waals surface area (Å²) >= 11 is 0. The molecule has 8 heteroatoms. The normalized spacial score (nSPS) is 14.3. The molecule has 0 unspecified atom stereocenters. The van der Waals surface area contributed by atoms with Crippen LogP contribution in [0, 0.1) is 11.7 Å². The van der Waals surface area contributed by atoms with Crippen LogP contribution < -0.4 is 10.9 Å². The van der Waals surface area contributed by atoms with E-state index in [9.17, 15) is 18.8 Å². The number of rotatable bonds is 7. The average Bonchev–Trinajstić information content (AvgIpc) is 2.74. The SMILES string of the molecule is CCOC(=O)c1nn(-c2ccc(F)cc2)c(=O)cc1NC(=O)CCC1CCCCC1. The molecule has 7 nitrogen and oxygen atoms in total. The van der Waals surface area contributed by atoms with Gasteiger partial charge in [-0.3, -0.25) is 9.59 Å². The van der Waals surface area contributed by atoms with Gasteiger partial charge in [0.15, 0.2) is 5.69 Å². The molecule has 30 heavy (non-hydrogen) atoms. The lowest BCUT2D eigenvalue weighted by Crippen LogP contribution is -2.27. The molecule has 1 aliphatic rings. The van der Waals surface area contributed by atoms with Crippen LogP contribution >= 0.6 is 0 Å². The number of halogens is 1. The van der Waals surface area contributed by atoms with Crippen molar-refractivity contribution in [2.75, 3.05) is 11.9 Å². The van der Waals surface area contributed by atoms with Crippen LogP contribution in [0.4, 0.5) is 10.1 Å². The van der Waals surface area contributed by atoms with Crippen molar-refractivity contribution in [3.63, 3.8) is 0 Å². The minimum absolute atomic E-state index is 0.0189. The number of anilines is 1. The molecule has 0 saturated heterocycles. The summed E-state index contributed by atoms with van der Waals surface area (Å²) < 4.78 is 19.2. The highest BCUT2D eigenvalue weighted by Crippen LogP contribution is 2.27. The first-order chi connectivity index (χ1) is 14.5. The van der Waals surface area contributed by atoms with Crippen LogP contribution in [0.25, 0.3) is 5.69 Å². The van der Waals surface area contributed by atoms with Crippen LogP contribution in [0.3, 0.4) is 0 Å². The highest BCUT2D eigenvalue weighted by Gasteiger charge is 2.21. The Morgan fingerprint density at radius 3 is 2.57 bits per heavy atom. The largest absolute Gasteiger partial charge is 0.461 e. The van der Waals surface area contributed by atoms with Crippen LogP contribution in [-0.4, -0.2) is 28.3 Å². The summed E-state index contributed by atoms with van der Waals surface area (Å²) in [5.74, 6) is -0.944. The summed E-state index contributed by atoms with van der Waals surface area (Å²) in [6.45, 7) is 1.77. The first kappa shape index (κ1) is 21.7. The molecule has 0 atom stereocenters. The van der Waals surface area contributed by atoms with Gasteiger partial charge in [0.1, 0.15) is 5.82 Å². The van der Waals surface area contributed by atoms with Crippen molar-refractivity contribution < 1.29 is 18.7 Å². The number of hydrogen-bond acceptors (Lipinski definition) is 5. The lowest BCUT2D eigenvalue weighted by atomic mass is 9.86. The van der Waals surface area contributed by atoms with Crippen molar-refractivity contribution in [2.24, 2.45) is 5.92 Å². The first-order valence-electron chi connectivity index (χ1n) is 10.3. The third kappa shape index (κ3) is 5.52. The Hall–Kier alpha value is -3.03. The molecule has 2 aromatic rings. The maximum Gasteiger partial charge on any atom is 0.360 e. The number of benzene rings is 1. The molecule has 1 amide bonds. The minimum Gasteiger partial charge on any atom is -0.461 e. The highest BCUT2D eigenvalue weighted by atomic mass is 19.1. The van der Waals surface area contributed by atoms with E-state index in [2.05, 4.69) is 10.4 Å². The van der Waals surface area contributed by atoms with Gasteiger partial charge in [-0.2, -0.15) is 9.78 Å². The van der Waals surface area contributed by atoms with Crippen LogP contribution in [0.5, 0.6) is 0 Å². The van der Waals surface area contributed by atoms with Crippen molar-refractivity contribution >= 4 is 17.6 Å². The number of carbonyl (C=O) groups is 2. The lowest BCUT2D eigenvalue weighted by Gasteiger charge is -2.21. The number of carbonyl (C=O) groups excluding carboxylic acids is 2. The fourth-order valence-electron chi connectivity index (χ4n) is 3.69. The quantitative estimate of drug-likeness (QED) is 0.694. The second-order valence-electron chi connectivity index (χ2n) is 7.44. The van der Waals surface area contributed by atoms with E-state index < -0.39 is 17.3 Å². The molecule has 1 aromatic heterocycles. The van der Waals surface area contributed by atoms with E-state index >= 15 is 0 Å². The topological polar surface area (TPSA) is 90.3 Å². The molecule has 1 heterocycles. The minimum atomic E-state index is -0.754. The van der Waals surface area contributed by atoms with Gasteiger partial charge in [0.2, 0.25) is 5.91 Å². The Labute approximate surface area is 174 Å². The van der Waals surface area contributed by atoms with E-state index in [0.717, 1.165) is 30.0 Å². The predicted molar refractivity (Wildman–Crippen MR) is 110 cm³/mol. The molecule has 1 aliphatic carbocycles. The highest BCUT2D eigenvalue weighted by molar-refractivity contribution is 5.99. The van der Waals surface area contributed by atoms with Gasteiger partial charge in [-0.05, 0) is 43.5 Å². The molecule has 0 aliphatic heterocycles. The number of nitrogens with one attached hydrogen (secondary N) is 1. The van der Waals surface area contributed by atoms with E-state index in [1.807, 2.05) is 0 Å². The zero-order valence-corrected chi connectivity index (χ0v) is 17.0. The maximum atomic E-state index is 13.2. The molecule has 160 valence electrons. The molecule has 0 spiro atoms. The molecule has 0 radical (unpaired) electrons. The van der Waals surface area contributed by atoms with E-state index in [1.54, 1.807) is 6.92 Å². The Bertz CT molecular complexity index is 950. The van der Waals surface area contributed by atoms with Gasteiger partial charge in [-0.15, -0.1) is 0 Å². The summed E-state index contributed by atoms with van der Waals surface area (Å²) in [6.07, 6.45) is 7.01. The second-order valence-corrected chi connectivity index (χ2v) is 7.44. The number of aromatic nitrogens is 2. The predicted octanol–water partition coefficient (Wildman–Crippen LogP) is 3.85. The zero-order chi connectivity index (χ0) is 21.5. The van der Waals surface area contributed by atoms with Crippen molar-refractivity contribution in [1.29, 1.82) is 0 Å².